The number of aromatic carboxylic acids is 1. The molecule has 19 heavy (non-hydrogen) atoms. The zero-order valence-electron chi connectivity index (χ0n) is 10.9. The molecular weight excluding hydrogens is 238 g/mol. The third-order valence-electron chi connectivity index (χ3n) is 3.04. The van der Waals surface area contributed by atoms with Crippen molar-refractivity contribution in [1.29, 1.82) is 0 Å². The second-order valence-electron chi connectivity index (χ2n) is 4.50. The fourth-order valence-corrected chi connectivity index (χ4v) is 2.01. The van der Waals surface area contributed by atoms with E-state index in [-0.39, 0.29) is 0 Å². The molecule has 0 aliphatic carbocycles. The van der Waals surface area contributed by atoms with Gasteiger partial charge in [-0.15, -0.1) is 0 Å². The van der Waals surface area contributed by atoms with E-state index in [1.54, 1.807) is 12.1 Å². The highest BCUT2D eigenvalue weighted by Gasteiger charge is 2.06. The van der Waals surface area contributed by atoms with Gasteiger partial charge in [0.05, 0.1) is 5.56 Å². The van der Waals surface area contributed by atoms with E-state index in [0.717, 1.165) is 24.2 Å². The van der Waals surface area contributed by atoms with E-state index in [1.165, 1.54) is 5.56 Å². The fourth-order valence-electron chi connectivity index (χ4n) is 2.01. The van der Waals surface area contributed by atoms with Crippen LogP contribution in [0.5, 0.6) is 0 Å². The van der Waals surface area contributed by atoms with Crippen molar-refractivity contribution in [3.63, 3.8) is 0 Å². The number of hydrogen-bond acceptors (Lipinski definition) is 2. The maximum absolute atomic E-state index is 10.9. The average Bonchev–Trinajstić information content (AvgIpc) is 2.39. The lowest BCUT2D eigenvalue weighted by atomic mass is 10.1. The molecule has 0 saturated carbocycles. The first kappa shape index (κ1) is 13.1. The van der Waals surface area contributed by atoms with E-state index in [0.29, 0.717) is 5.56 Å². The molecule has 2 aromatic rings. The maximum atomic E-state index is 10.9. The van der Waals surface area contributed by atoms with Gasteiger partial charge in [-0.05, 0) is 42.7 Å². The Bertz CT molecular complexity index is 564. The number of anilines is 1. The van der Waals surface area contributed by atoms with Crippen LogP contribution in [0.15, 0.2) is 48.5 Å². The molecule has 0 heterocycles. The first-order valence-corrected chi connectivity index (χ1v) is 6.28. The number of nitrogens with one attached hydrogen (secondary N) is 1. The molecule has 0 atom stereocenters. The lowest BCUT2D eigenvalue weighted by molar-refractivity contribution is 0.0696. The Kier molecular flexibility index (Phi) is 4.18. The predicted octanol–water partition coefficient (Wildman–Crippen LogP) is 3.35. The summed E-state index contributed by atoms with van der Waals surface area (Å²) >= 11 is 0. The summed E-state index contributed by atoms with van der Waals surface area (Å²) in [5.41, 5.74) is 3.37. The Morgan fingerprint density at radius 1 is 1.16 bits per heavy atom. The van der Waals surface area contributed by atoms with Crippen LogP contribution in [0.4, 0.5) is 5.69 Å². The van der Waals surface area contributed by atoms with Crippen molar-refractivity contribution < 1.29 is 9.90 Å². The van der Waals surface area contributed by atoms with Gasteiger partial charge in [0.1, 0.15) is 0 Å². The van der Waals surface area contributed by atoms with Gasteiger partial charge in [0, 0.05) is 12.2 Å². The number of carboxylic acid groups (broad SMARTS) is 1. The second-order valence-corrected chi connectivity index (χ2v) is 4.50. The van der Waals surface area contributed by atoms with Crippen LogP contribution < -0.4 is 5.32 Å². The molecule has 2 N–H and O–H groups in total. The smallest absolute Gasteiger partial charge is 0.335 e. The fraction of sp³-hybridized carbons (Fsp3) is 0.188. The molecule has 0 aromatic heterocycles. The van der Waals surface area contributed by atoms with Crippen molar-refractivity contribution in [2.75, 3.05) is 11.9 Å². The molecule has 0 aliphatic heterocycles. The van der Waals surface area contributed by atoms with Gasteiger partial charge in [-0.2, -0.15) is 0 Å². The van der Waals surface area contributed by atoms with Crippen LogP contribution in [0.3, 0.4) is 0 Å². The van der Waals surface area contributed by atoms with Gasteiger partial charge < -0.3 is 10.4 Å². The van der Waals surface area contributed by atoms with Gasteiger partial charge in [-0.3, -0.25) is 0 Å². The number of benzene rings is 2. The van der Waals surface area contributed by atoms with Crippen LogP contribution in [-0.4, -0.2) is 17.6 Å². The Balaban J connectivity index is 1.93. The lowest BCUT2D eigenvalue weighted by Gasteiger charge is -2.08. The highest BCUT2D eigenvalue weighted by molar-refractivity contribution is 5.89. The normalized spacial score (nSPS) is 10.2. The summed E-state index contributed by atoms with van der Waals surface area (Å²) in [6.45, 7) is 2.64. The van der Waals surface area contributed by atoms with Crippen LogP contribution >= 0.6 is 0 Å². The number of rotatable bonds is 5. The highest BCUT2D eigenvalue weighted by atomic mass is 16.4. The van der Waals surface area contributed by atoms with Crippen LogP contribution in [0.1, 0.15) is 21.5 Å². The molecule has 0 radical (unpaired) electrons. The second kappa shape index (κ2) is 6.05. The van der Waals surface area contributed by atoms with Gasteiger partial charge in [0.2, 0.25) is 0 Å². The van der Waals surface area contributed by atoms with Gasteiger partial charge in [-0.25, -0.2) is 4.79 Å². The summed E-state index contributed by atoms with van der Waals surface area (Å²) in [5, 5.41) is 12.3. The lowest BCUT2D eigenvalue weighted by Crippen LogP contribution is -2.06. The number of hydrogen-bond donors (Lipinski definition) is 2. The van der Waals surface area contributed by atoms with Crippen LogP contribution in [0.25, 0.3) is 0 Å². The predicted molar refractivity (Wildman–Crippen MR) is 76.8 cm³/mol. The Morgan fingerprint density at radius 2 is 1.89 bits per heavy atom. The summed E-state index contributed by atoms with van der Waals surface area (Å²) in [6, 6.07) is 15.6. The zero-order valence-corrected chi connectivity index (χ0v) is 10.9. The van der Waals surface area contributed by atoms with Gasteiger partial charge in [-0.1, -0.05) is 30.3 Å². The summed E-state index contributed by atoms with van der Waals surface area (Å²) in [5.74, 6) is -0.881. The molecule has 98 valence electrons. The van der Waals surface area contributed by atoms with E-state index < -0.39 is 5.97 Å². The molecule has 0 aliphatic rings. The van der Waals surface area contributed by atoms with Gasteiger partial charge in [0.15, 0.2) is 0 Å². The van der Waals surface area contributed by atoms with Crippen molar-refractivity contribution in [2.45, 2.75) is 13.3 Å². The first-order valence-electron chi connectivity index (χ1n) is 6.28. The van der Waals surface area contributed by atoms with Crippen molar-refractivity contribution in [2.24, 2.45) is 0 Å². The van der Waals surface area contributed by atoms with E-state index in [9.17, 15) is 4.79 Å². The van der Waals surface area contributed by atoms with E-state index in [4.69, 9.17) is 5.11 Å². The quantitative estimate of drug-likeness (QED) is 0.861. The number of carboxylic acids is 1. The molecule has 0 unspecified atom stereocenters. The Hall–Kier alpha value is -2.29. The minimum Gasteiger partial charge on any atom is -0.478 e. The van der Waals surface area contributed by atoms with E-state index in [1.807, 2.05) is 31.2 Å². The largest absolute Gasteiger partial charge is 0.478 e. The van der Waals surface area contributed by atoms with Gasteiger partial charge in [0.25, 0.3) is 0 Å². The molecule has 0 saturated heterocycles. The Morgan fingerprint density at radius 3 is 2.53 bits per heavy atom. The average molecular weight is 255 g/mol. The third kappa shape index (κ3) is 3.58. The molecule has 2 rings (SSSR count). The van der Waals surface area contributed by atoms with Crippen LogP contribution in [0, 0.1) is 6.92 Å². The monoisotopic (exact) mass is 255 g/mol. The van der Waals surface area contributed by atoms with E-state index in [2.05, 4.69) is 17.4 Å². The third-order valence-corrected chi connectivity index (χ3v) is 3.04. The molecule has 0 spiro atoms. The van der Waals surface area contributed by atoms with Gasteiger partial charge >= 0.3 is 5.97 Å². The minimum atomic E-state index is -0.881. The zero-order chi connectivity index (χ0) is 13.7. The first-order chi connectivity index (χ1) is 9.16. The number of aryl methyl sites for hydroxylation is 1. The SMILES string of the molecule is Cc1cc(NCCc2ccccc2)ccc1C(=O)O. The summed E-state index contributed by atoms with van der Waals surface area (Å²) in [4.78, 5) is 10.9. The molecule has 3 nitrogen and oxygen atoms in total. The molecule has 0 amide bonds. The molecule has 0 bridgehead atoms. The van der Waals surface area contributed by atoms with Crippen molar-refractivity contribution in [1.82, 2.24) is 0 Å². The molecule has 0 fully saturated rings. The standard InChI is InChI=1S/C16H17NO2/c1-12-11-14(7-8-15(12)16(18)19)17-10-9-13-5-3-2-4-6-13/h2-8,11,17H,9-10H2,1H3,(H,18,19). The topological polar surface area (TPSA) is 49.3 Å². The van der Waals surface area contributed by atoms with Crippen molar-refractivity contribution >= 4 is 11.7 Å². The maximum Gasteiger partial charge on any atom is 0.335 e. The van der Waals surface area contributed by atoms with Crippen LogP contribution in [0.2, 0.25) is 0 Å². The summed E-state index contributed by atoms with van der Waals surface area (Å²) in [7, 11) is 0. The molecule has 2 aromatic carbocycles. The molecule has 3 heteroatoms. The Labute approximate surface area is 112 Å². The van der Waals surface area contributed by atoms with Crippen LogP contribution in [-0.2, 0) is 6.42 Å². The highest BCUT2D eigenvalue weighted by Crippen LogP contribution is 2.15. The molecular formula is C16H17NO2. The number of carbonyl (C=O) groups is 1. The van der Waals surface area contributed by atoms with E-state index >= 15 is 0 Å². The summed E-state index contributed by atoms with van der Waals surface area (Å²) < 4.78 is 0. The van der Waals surface area contributed by atoms with Crippen molar-refractivity contribution in [3.8, 4) is 0 Å². The summed E-state index contributed by atoms with van der Waals surface area (Å²) in [6.07, 6.45) is 0.945. The minimum absolute atomic E-state index is 0.355. The van der Waals surface area contributed by atoms with Crippen molar-refractivity contribution in [3.05, 3.63) is 65.2 Å².